The summed E-state index contributed by atoms with van der Waals surface area (Å²) < 4.78 is 17.2. The van der Waals surface area contributed by atoms with Gasteiger partial charge in [-0.15, -0.1) is 0 Å². The summed E-state index contributed by atoms with van der Waals surface area (Å²) in [6, 6.07) is 0. The Kier molecular flexibility index (Phi) is 8.67. The average Bonchev–Trinajstić information content (AvgIpc) is 2.93. The van der Waals surface area contributed by atoms with Crippen LogP contribution < -0.4 is 0 Å². The highest BCUT2D eigenvalue weighted by molar-refractivity contribution is 6.77. The van der Waals surface area contributed by atoms with E-state index >= 15 is 0 Å². The van der Waals surface area contributed by atoms with Crippen LogP contribution in [0.25, 0.3) is 0 Å². The molecule has 1 aliphatic rings. The highest BCUT2D eigenvalue weighted by atomic mass is 28.4. The second-order valence-electron chi connectivity index (χ2n) is 7.66. The van der Waals surface area contributed by atoms with E-state index in [4.69, 9.17) is 13.9 Å². The molecule has 0 radical (unpaired) electrons. The molecule has 0 saturated carbocycles. The summed E-state index contributed by atoms with van der Waals surface area (Å²) in [5, 5.41) is 0. The molecule has 0 N–H and O–H groups in total. The molecule has 5 heteroatoms. The van der Waals surface area contributed by atoms with Crippen LogP contribution in [0.1, 0.15) is 54.9 Å². The minimum absolute atomic E-state index is 0.00350. The Morgan fingerprint density at radius 1 is 1.08 bits per heavy atom. The highest BCUT2D eigenvalue weighted by Crippen LogP contribution is 2.42. The second kappa shape index (κ2) is 9.73. The van der Waals surface area contributed by atoms with E-state index in [2.05, 4.69) is 53.7 Å². The maximum absolute atomic E-state index is 11.4. The van der Waals surface area contributed by atoms with E-state index in [9.17, 15) is 4.79 Å². The third-order valence-corrected chi connectivity index (χ3v) is 11.2. The number of ether oxygens (including phenoxy) is 2. The van der Waals surface area contributed by atoms with Crippen molar-refractivity contribution >= 4 is 14.3 Å². The normalized spacial score (nSPS) is 21.2. The Morgan fingerprint density at radius 2 is 1.67 bits per heavy atom. The molecule has 1 rings (SSSR count). The van der Waals surface area contributed by atoms with Crippen LogP contribution in [0.4, 0.5) is 0 Å². The van der Waals surface area contributed by atoms with Crippen LogP contribution >= 0.6 is 0 Å². The maximum atomic E-state index is 11.4. The Balaban J connectivity index is 2.51. The SMILES string of the molecule is CCOC(=O)CO[C@H]1C=C[C@@H](CO[Si](C(C)C)(C(C)C)C(C)C)C1. The Hall–Kier alpha value is -0.653. The monoisotopic (exact) mass is 356 g/mol. The molecule has 0 spiro atoms. The molecule has 0 saturated heterocycles. The minimum atomic E-state index is -1.81. The highest BCUT2D eigenvalue weighted by Gasteiger charge is 2.45. The predicted octanol–water partition coefficient (Wildman–Crippen LogP) is 4.70. The number of esters is 1. The van der Waals surface area contributed by atoms with E-state index < -0.39 is 8.32 Å². The van der Waals surface area contributed by atoms with Gasteiger partial charge >= 0.3 is 5.97 Å². The van der Waals surface area contributed by atoms with Gasteiger partial charge in [-0.05, 0) is 30.0 Å². The molecule has 2 atom stereocenters. The van der Waals surface area contributed by atoms with E-state index in [0.29, 0.717) is 29.1 Å². The van der Waals surface area contributed by atoms with Crippen molar-refractivity contribution in [3.8, 4) is 0 Å². The van der Waals surface area contributed by atoms with Crippen molar-refractivity contribution in [1.29, 1.82) is 0 Å². The van der Waals surface area contributed by atoms with Crippen LogP contribution in [0, 0.1) is 5.92 Å². The summed E-state index contributed by atoms with van der Waals surface area (Å²) in [6.45, 7) is 16.8. The van der Waals surface area contributed by atoms with Crippen molar-refractivity contribution in [2.75, 3.05) is 19.8 Å². The molecule has 24 heavy (non-hydrogen) atoms. The zero-order chi connectivity index (χ0) is 18.3. The molecule has 0 aromatic heterocycles. The molecular formula is C19H36O4Si. The Bertz CT molecular complexity index is 396. The van der Waals surface area contributed by atoms with Crippen molar-refractivity contribution in [2.24, 2.45) is 5.92 Å². The van der Waals surface area contributed by atoms with Gasteiger partial charge in [0.25, 0.3) is 0 Å². The molecule has 0 fully saturated rings. The molecule has 0 unspecified atom stereocenters. The van der Waals surface area contributed by atoms with E-state index in [0.717, 1.165) is 13.0 Å². The molecule has 0 heterocycles. The third kappa shape index (κ3) is 5.43. The van der Waals surface area contributed by atoms with Crippen LogP contribution in [-0.2, 0) is 18.7 Å². The fourth-order valence-corrected chi connectivity index (χ4v) is 9.62. The molecule has 1 aliphatic carbocycles. The molecule has 0 aromatic rings. The largest absolute Gasteiger partial charge is 0.464 e. The van der Waals surface area contributed by atoms with Gasteiger partial charge in [-0.2, -0.15) is 0 Å². The van der Waals surface area contributed by atoms with E-state index in [-0.39, 0.29) is 18.7 Å². The molecule has 4 nitrogen and oxygen atoms in total. The number of hydrogen-bond donors (Lipinski definition) is 0. The lowest BCUT2D eigenvalue weighted by molar-refractivity contribution is -0.149. The fraction of sp³-hybridized carbons (Fsp3) is 0.842. The summed E-state index contributed by atoms with van der Waals surface area (Å²) in [4.78, 5) is 11.4. The predicted molar refractivity (Wildman–Crippen MR) is 101 cm³/mol. The van der Waals surface area contributed by atoms with Crippen molar-refractivity contribution in [2.45, 2.75) is 77.6 Å². The smallest absolute Gasteiger partial charge is 0.332 e. The van der Waals surface area contributed by atoms with Crippen LogP contribution in [0.15, 0.2) is 12.2 Å². The van der Waals surface area contributed by atoms with Crippen LogP contribution in [-0.4, -0.2) is 40.2 Å². The molecular weight excluding hydrogens is 320 g/mol. The molecule has 140 valence electrons. The number of rotatable bonds is 10. The third-order valence-electron chi connectivity index (χ3n) is 5.11. The van der Waals surface area contributed by atoms with Crippen molar-refractivity contribution in [3.63, 3.8) is 0 Å². The number of hydrogen-bond acceptors (Lipinski definition) is 4. The zero-order valence-electron chi connectivity index (χ0n) is 16.5. The summed E-state index contributed by atoms with van der Waals surface area (Å²) in [5.74, 6) is 0.0803. The summed E-state index contributed by atoms with van der Waals surface area (Å²) in [6.07, 6.45) is 5.11. The quantitative estimate of drug-likeness (QED) is 0.323. The van der Waals surface area contributed by atoms with Gasteiger partial charge < -0.3 is 13.9 Å². The lowest BCUT2D eigenvalue weighted by atomic mass is 10.1. The average molecular weight is 357 g/mol. The summed E-state index contributed by atoms with van der Waals surface area (Å²) in [7, 11) is -1.81. The van der Waals surface area contributed by atoms with Gasteiger partial charge in [-0.3, -0.25) is 0 Å². The molecule has 0 bridgehead atoms. The number of carbonyl (C=O) groups excluding carboxylic acids is 1. The van der Waals surface area contributed by atoms with Gasteiger partial charge in [0.05, 0.1) is 12.7 Å². The number of carbonyl (C=O) groups is 1. The van der Waals surface area contributed by atoms with Crippen molar-refractivity contribution in [1.82, 2.24) is 0 Å². The van der Waals surface area contributed by atoms with Gasteiger partial charge in [0, 0.05) is 12.5 Å². The summed E-state index contributed by atoms with van der Waals surface area (Å²) in [5.41, 5.74) is 1.79. The zero-order valence-corrected chi connectivity index (χ0v) is 17.5. The standard InChI is InChI=1S/C19H36O4Si/c1-8-21-19(20)13-22-18-10-9-17(11-18)12-23-24(14(2)3,15(4)5)16(6)7/h9-10,14-18H,8,11-13H2,1-7H3/t17-,18+/m1/s1. The first-order valence-corrected chi connectivity index (χ1v) is 11.5. The van der Waals surface area contributed by atoms with Gasteiger partial charge in [-0.25, -0.2) is 4.79 Å². The van der Waals surface area contributed by atoms with Gasteiger partial charge in [-0.1, -0.05) is 53.7 Å². The Labute approximate surface area is 149 Å². The van der Waals surface area contributed by atoms with Gasteiger partial charge in [0.2, 0.25) is 0 Å². The van der Waals surface area contributed by atoms with E-state index in [1.165, 1.54) is 0 Å². The first-order valence-electron chi connectivity index (χ1n) is 9.33. The minimum Gasteiger partial charge on any atom is -0.464 e. The topological polar surface area (TPSA) is 44.8 Å². The second-order valence-corrected chi connectivity index (χ2v) is 13.1. The lowest BCUT2D eigenvalue weighted by Gasteiger charge is -2.42. The Morgan fingerprint density at radius 3 is 2.17 bits per heavy atom. The molecule has 0 amide bonds. The first kappa shape index (κ1) is 21.4. The molecule has 0 aliphatic heterocycles. The van der Waals surface area contributed by atoms with Crippen molar-refractivity contribution < 1.29 is 18.7 Å². The van der Waals surface area contributed by atoms with Gasteiger partial charge in [0.1, 0.15) is 6.61 Å². The summed E-state index contributed by atoms with van der Waals surface area (Å²) >= 11 is 0. The fourth-order valence-electron chi connectivity index (χ4n) is 4.11. The van der Waals surface area contributed by atoms with E-state index in [1.54, 1.807) is 6.92 Å². The molecule has 0 aromatic carbocycles. The van der Waals surface area contributed by atoms with Crippen molar-refractivity contribution in [3.05, 3.63) is 12.2 Å². The van der Waals surface area contributed by atoms with Crippen LogP contribution in [0.2, 0.25) is 16.6 Å². The van der Waals surface area contributed by atoms with Crippen LogP contribution in [0.3, 0.4) is 0 Å². The van der Waals surface area contributed by atoms with Gasteiger partial charge in [0.15, 0.2) is 8.32 Å². The first-order chi connectivity index (χ1) is 11.2. The lowest BCUT2D eigenvalue weighted by Crippen LogP contribution is -2.48. The maximum Gasteiger partial charge on any atom is 0.332 e. The van der Waals surface area contributed by atoms with E-state index in [1.807, 2.05) is 0 Å². The van der Waals surface area contributed by atoms with Crippen LogP contribution in [0.5, 0.6) is 0 Å².